The number of carboxylic acids is 1. The molecule has 0 spiro atoms. The second kappa shape index (κ2) is 8.51. The van der Waals surface area contributed by atoms with Crippen molar-refractivity contribution in [3.8, 4) is 28.3 Å². The highest BCUT2D eigenvalue weighted by Gasteiger charge is 2.24. The molecule has 3 aromatic rings. The van der Waals surface area contributed by atoms with Gasteiger partial charge in [-0.15, -0.1) is 0 Å². The highest BCUT2D eigenvalue weighted by molar-refractivity contribution is 5.75. The topological polar surface area (TPSA) is 144 Å². The summed E-state index contributed by atoms with van der Waals surface area (Å²) in [6, 6.07) is 13.3. The number of nitrogens with two attached hydrogens (primary N) is 2. The number of rotatable bonds is 7. The average Bonchev–Trinajstić information content (AvgIpc) is 2.71. The first kappa shape index (κ1) is 21.9. The minimum Gasteiger partial charge on any atom is -0.493 e. The van der Waals surface area contributed by atoms with E-state index in [9.17, 15) is 9.59 Å². The Kier molecular flexibility index (Phi) is 6.01. The summed E-state index contributed by atoms with van der Waals surface area (Å²) < 4.78 is 5.79. The number of hydrogen-bond donors (Lipinski definition) is 4. The third kappa shape index (κ3) is 4.69. The smallest absolute Gasteiger partial charge is 0.304 e. The lowest BCUT2D eigenvalue weighted by atomic mass is 9.81. The highest BCUT2D eigenvalue weighted by Crippen LogP contribution is 2.34. The molecule has 1 heterocycles. The van der Waals surface area contributed by atoms with E-state index in [0.717, 1.165) is 16.7 Å². The van der Waals surface area contributed by atoms with Crippen molar-refractivity contribution in [2.75, 3.05) is 18.1 Å². The Hall–Kier alpha value is -3.81. The molecule has 0 bridgehead atoms. The lowest BCUT2D eigenvalue weighted by Crippen LogP contribution is -2.21. The molecular weight excluding hydrogens is 396 g/mol. The Balaban J connectivity index is 2.00. The number of nitrogens with one attached hydrogen (secondary N) is 1. The molecular formula is C23H26N4O4. The van der Waals surface area contributed by atoms with E-state index in [0.29, 0.717) is 17.9 Å². The first-order chi connectivity index (χ1) is 14.6. The molecule has 2 aromatic carbocycles. The maximum absolute atomic E-state index is 12.0. The van der Waals surface area contributed by atoms with Crippen molar-refractivity contribution in [2.24, 2.45) is 0 Å². The zero-order valence-electron chi connectivity index (χ0n) is 17.7. The van der Waals surface area contributed by atoms with Gasteiger partial charge in [0.15, 0.2) is 5.82 Å². The van der Waals surface area contributed by atoms with Crippen LogP contribution in [-0.4, -0.2) is 27.7 Å². The van der Waals surface area contributed by atoms with Crippen LogP contribution in [0.25, 0.3) is 22.5 Å². The summed E-state index contributed by atoms with van der Waals surface area (Å²) >= 11 is 0. The van der Waals surface area contributed by atoms with Crippen LogP contribution in [0, 0.1) is 0 Å². The molecule has 0 aliphatic heterocycles. The second-order valence-corrected chi connectivity index (χ2v) is 7.89. The monoisotopic (exact) mass is 422 g/mol. The summed E-state index contributed by atoms with van der Waals surface area (Å²) in [7, 11) is 0. The maximum Gasteiger partial charge on any atom is 0.304 e. The van der Waals surface area contributed by atoms with Crippen LogP contribution in [-0.2, 0) is 10.2 Å². The standard InChI is InChI=1S/C23H26N4O4/c1-4-31-17-11-14(7-10-16(17)21-26-20(25)19(24)22(30)27-21)13-5-8-15(9-6-13)23(2,3)12-18(28)29/h5-11H,4,12,24H2,1-3H3,(H,28,29)(H3,25,26,27,30). The van der Waals surface area contributed by atoms with Crippen molar-refractivity contribution in [1.82, 2.24) is 9.97 Å². The molecule has 0 aliphatic carbocycles. The van der Waals surface area contributed by atoms with Crippen LogP contribution < -0.4 is 21.8 Å². The van der Waals surface area contributed by atoms with Crippen molar-refractivity contribution >= 4 is 17.5 Å². The summed E-state index contributed by atoms with van der Waals surface area (Å²) in [6.07, 6.45) is 0.0471. The number of H-pyrrole nitrogens is 1. The van der Waals surface area contributed by atoms with Crippen LogP contribution >= 0.6 is 0 Å². The Labute approximate surface area is 179 Å². The number of aromatic amines is 1. The summed E-state index contributed by atoms with van der Waals surface area (Å²) in [4.78, 5) is 29.9. The van der Waals surface area contributed by atoms with Gasteiger partial charge >= 0.3 is 5.97 Å². The van der Waals surface area contributed by atoms with Gasteiger partial charge in [0.1, 0.15) is 17.3 Å². The van der Waals surface area contributed by atoms with Gasteiger partial charge in [0.25, 0.3) is 5.56 Å². The number of anilines is 2. The van der Waals surface area contributed by atoms with E-state index in [1.165, 1.54) is 0 Å². The molecule has 0 fully saturated rings. The quantitative estimate of drug-likeness (QED) is 0.456. The van der Waals surface area contributed by atoms with E-state index in [1.807, 2.05) is 57.2 Å². The number of carboxylic acid groups (broad SMARTS) is 1. The number of carbonyl (C=O) groups is 1. The van der Waals surface area contributed by atoms with Crippen molar-refractivity contribution < 1.29 is 14.6 Å². The zero-order valence-corrected chi connectivity index (χ0v) is 17.7. The molecule has 31 heavy (non-hydrogen) atoms. The number of ether oxygens (including phenoxy) is 1. The lowest BCUT2D eigenvalue weighted by molar-refractivity contribution is -0.138. The normalized spacial score (nSPS) is 11.3. The summed E-state index contributed by atoms with van der Waals surface area (Å²) in [5.41, 5.74) is 13.6. The number of nitrogens with zero attached hydrogens (tertiary/aromatic N) is 1. The van der Waals surface area contributed by atoms with Gasteiger partial charge in [0.05, 0.1) is 18.6 Å². The number of aliphatic carboxylic acids is 1. The first-order valence-electron chi connectivity index (χ1n) is 9.87. The van der Waals surface area contributed by atoms with Gasteiger partial charge in [-0.2, -0.15) is 0 Å². The Bertz CT molecular complexity index is 1170. The minimum atomic E-state index is -0.832. The van der Waals surface area contributed by atoms with E-state index in [-0.39, 0.29) is 23.8 Å². The molecule has 8 heteroatoms. The van der Waals surface area contributed by atoms with E-state index in [4.69, 9.17) is 21.3 Å². The van der Waals surface area contributed by atoms with Crippen molar-refractivity contribution in [3.05, 3.63) is 58.4 Å². The molecule has 0 unspecified atom stereocenters. The lowest BCUT2D eigenvalue weighted by Gasteiger charge is -2.23. The van der Waals surface area contributed by atoms with E-state index >= 15 is 0 Å². The van der Waals surface area contributed by atoms with Crippen molar-refractivity contribution in [3.63, 3.8) is 0 Å². The van der Waals surface area contributed by atoms with Crippen LogP contribution in [0.1, 0.15) is 32.8 Å². The van der Waals surface area contributed by atoms with E-state index in [2.05, 4.69) is 9.97 Å². The fourth-order valence-corrected chi connectivity index (χ4v) is 3.39. The van der Waals surface area contributed by atoms with Crippen molar-refractivity contribution in [1.29, 1.82) is 0 Å². The fraction of sp³-hybridized carbons (Fsp3) is 0.261. The van der Waals surface area contributed by atoms with Crippen LogP contribution in [0.15, 0.2) is 47.3 Å². The zero-order chi connectivity index (χ0) is 22.8. The van der Waals surface area contributed by atoms with E-state index in [1.54, 1.807) is 6.07 Å². The Morgan fingerprint density at radius 2 is 1.77 bits per heavy atom. The van der Waals surface area contributed by atoms with Crippen molar-refractivity contribution in [2.45, 2.75) is 32.6 Å². The summed E-state index contributed by atoms with van der Waals surface area (Å²) in [5.74, 6) is -0.0501. The second-order valence-electron chi connectivity index (χ2n) is 7.89. The molecule has 3 rings (SSSR count). The van der Waals surface area contributed by atoms with Crippen LogP contribution in [0.4, 0.5) is 11.5 Å². The van der Waals surface area contributed by atoms with Gasteiger partial charge in [-0.25, -0.2) is 4.98 Å². The summed E-state index contributed by atoms with van der Waals surface area (Å²) in [6.45, 7) is 6.10. The van der Waals surface area contributed by atoms with Crippen LogP contribution in [0.2, 0.25) is 0 Å². The van der Waals surface area contributed by atoms with Gasteiger partial charge in [-0.1, -0.05) is 44.2 Å². The molecule has 6 N–H and O–H groups in total. The Morgan fingerprint density at radius 3 is 2.35 bits per heavy atom. The molecule has 162 valence electrons. The SMILES string of the molecule is CCOc1cc(-c2ccc(C(C)(C)CC(=O)O)cc2)ccc1-c1nc(N)c(N)c(=O)[nH]1. The van der Waals surface area contributed by atoms with Gasteiger partial charge < -0.3 is 26.3 Å². The molecule has 8 nitrogen and oxygen atoms in total. The number of aromatic nitrogens is 2. The fourth-order valence-electron chi connectivity index (χ4n) is 3.39. The number of hydrogen-bond acceptors (Lipinski definition) is 6. The predicted molar refractivity (Wildman–Crippen MR) is 121 cm³/mol. The van der Waals surface area contributed by atoms with Gasteiger partial charge in [0.2, 0.25) is 0 Å². The number of nitrogen functional groups attached to an aromatic ring is 2. The molecule has 0 atom stereocenters. The highest BCUT2D eigenvalue weighted by atomic mass is 16.5. The molecule has 0 amide bonds. The van der Waals surface area contributed by atoms with E-state index < -0.39 is 16.9 Å². The minimum absolute atomic E-state index is 0.0372. The molecule has 0 aliphatic rings. The summed E-state index contributed by atoms with van der Waals surface area (Å²) in [5, 5.41) is 9.14. The molecule has 0 saturated heterocycles. The van der Waals surface area contributed by atoms with Gasteiger partial charge in [0, 0.05) is 5.41 Å². The largest absolute Gasteiger partial charge is 0.493 e. The Morgan fingerprint density at radius 1 is 1.13 bits per heavy atom. The van der Waals surface area contributed by atoms with Crippen LogP contribution in [0.5, 0.6) is 5.75 Å². The van der Waals surface area contributed by atoms with Gasteiger partial charge in [-0.05, 0) is 35.7 Å². The average molecular weight is 422 g/mol. The number of benzene rings is 2. The predicted octanol–water partition coefficient (Wildman–Crippen LogP) is 3.42. The van der Waals surface area contributed by atoms with Gasteiger partial charge in [-0.3, -0.25) is 9.59 Å². The molecule has 1 aromatic heterocycles. The maximum atomic E-state index is 12.0. The van der Waals surface area contributed by atoms with Crippen LogP contribution in [0.3, 0.4) is 0 Å². The molecule has 0 saturated carbocycles. The first-order valence-corrected chi connectivity index (χ1v) is 9.87. The third-order valence-corrected chi connectivity index (χ3v) is 5.11. The molecule has 0 radical (unpaired) electrons. The third-order valence-electron chi connectivity index (χ3n) is 5.11.